The van der Waals surface area contributed by atoms with E-state index in [1.807, 2.05) is 25.1 Å². The molecule has 0 aliphatic carbocycles. The zero-order valence-electron chi connectivity index (χ0n) is 13.3. The quantitative estimate of drug-likeness (QED) is 0.830. The van der Waals surface area contributed by atoms with Crippen molar-refractivity contribution in [1.82, 2.24) is 9.97 Å². The fourth-order valence-corrected chi connectivity index (χ4v) is 1.97. The van der Waals surface area contributed by atoms with Crippen LogP contribution in [0.2, 0.25) is 0 Å². The minimum atomic E-state index is 0.630. The molecule has 0 saturated carbocycles. The van der Waals surface area contributed by atoms with Gasteiger partial charge >= 0.3 is 0 Å². The molecule has 4 nitrogen and oxygen atoms in total. The molecule has 1 aromatic heterocycles. The molecule has 4 heteroatoms. The van der Waals surface area contributed by atoms with E-state index in [2.05, 4.69) is 53.5 Å². The van der Waals surface area contributed by atoms with Gasteiger partial charge in [-0.2, -0.15) is 4.98 Å². The predicted molar refractivity (Wildman–Crippen MR) is 89.2 cm³/mol. The van der Waals surface area contributed by atoms with E-state index in [4.69, 9.17) is 0 Å². The second kappa shape index (κ2) is 7.07. The van der Waals surface area contributed by atoms with Gasteiger partial charge in [0.2, 0.25) is 5.95 Å². The van der Waals surface area contributed by atoms with Crippen LogP contribution in [0.3, 0.4) is 0 Å². The Bertz CT molecular complexity index is 576. The second-order valence-corrected chi connectivity index (χ2v) is 5.82. The molecule has 0 aliphatic rings. The maximum absolute atomic E-state index is 4.51. The van der Waals surface area contributed by atoms with Gasteiger partial charge < -0.3 is 10.6 Å². The molecule has 0 fully saturated rings. The van der Waals surface area contributed by atoms with Crippen LogP contribution in [0.1, 0.15) is 31.5 Å². The third-order valence-electron chi connectivity index (χ3n) is 3.19. The van der Waals surface area contributed by atoms with Crippen molar-refractivity contribution in [2.45, 2.75) is 34.1 Å². The van der Waals surface area contributed by atoms with Crippen molar-refractivity contribution in [3.63, 3.8) is 0 Å². The number of nitrogens with one attached hydrogen (secondary N) is 2. The van der Waals surface area contributed by atoms with E-state index in [-0.39, 0.29) is 0 Å². The third kappa shape index (κ3) is 5.06. The Morgan fingerprint density at radius 2 is 1.76 bits per heavy atom. The molecular weight excluding hydrogens is 260 g/mol. The lowest BCUT2D eigenvalue weighted by molar-refractivity contribution is 0.606. The second-order valence-electron chi connectivity index (χ2n) is 5.82. The van der Waals surface area contributed by atoms with Gasteiger partial charge in [-0.25, -0.2) is 4.98 Å². The lowest BCUT2D eigenvalue weighted by atomic mass is 10.1. The van der Waals surface area contributed by atoms with Crippen LogP contribution >= 0.6 is 0 Å². The Labute approximate surface area is 127 Å². The van der Waals surface area contributed by atoms with Crippen molar-refractivity contribution in [2.75, 3.05) is 17.2 Å². The largest absolute Gasteiger partial charge is 0.370 e. The highest BCUT2D eigenvalue weighted by atomic mass is 15.1. The molecule has 0 atom stereocenters. The van der Waals surface area contributed by atoms with Gasteiger partial charge in [0.25, 0.3) is 0 Å². The van der Waals surface area contributed by atoms with Crippen molar-refractivity contribution in [2.24, 2.45) is 5.92 Å². The Morgan fingerprint density at radius 1 is 1.05 bits per heavy atom. The number of nitrogens with zero attached hydrogens (tertiary/aromatic N) is 2. The van der Waals surface area contributed by atoms with Gasteiger partial charge in [-0.05, 0) is 38.3 Å². The molecule has 0 unspecified atom stereocenters. The van der Waals surface area contributed by atoms with Crippen LogP contribution in [0.25, 0.3) is 0 Å². The summed E-state index contributed by atoms with van der Waals surface area (Å²) < 4.78 is 0. The van der Waals surface area contributed by atoms with Crippen LogP contribution in [0, 0.1) is 19.8 Å². The first-order valence-electron chi connectivity index (χ1n) is 7.46. The minimum absolute atomic E-state index is 0.630. The first-order chi connectivity index (χ1) is 10.0. The first kappa shape index (κ1) is 15.3. The van der Waals surface area contributed by atoms with Gasteiger partial charge in [-0.15, -0.1) is 0 Å². The topological polar surface area (TPSA) is 49.8 Å². The highest BCUT2D eigenvalue weighted by Crippen LogP contribution is 2.16. The summed E-state index contributed by atoms with van der Waals surface area (Å²) in [5, 5.41) is 6.61. The highest BCUT2D eigenvalue weighted by molar-refractivity contribution is 5.55. The molecule has 1 heterocycles. The first-order valence-corrected chi connectivity index (χ1v) is 7.46. The van der Waals surface area contributed by atoms with Crippen LogP contribution in [0.5, 0.6) is 0 Å². The summed E-state index contributed by atoms with van der Waals surface area (Å²) in [4.78, 5) is 8.95. The molecule has 0 aliphatic heterocycles. The molecule has 21 heavy (non-hydrogen) atoms. The molecule has 2 aromatic rings. The smallest absolute Gasteiger partial charge is 0.229 e. The highest BCUT2D eigenvalue weighted by Gasteiger charge is 2.03. The summed E-state index contributed by atoms with van der Waals surface area (Å²) in [6.07, 6.45) is 1.13. The van der Waals surface area contributed by atoms with Crippen LogP contribution in [0.15, 0.2) is 30.3 Å². The average molecular weight is 284 g/mol. The number of benzene rings is 1. The predicted octanol–water partition coefficient (Wildman–Crippen LogP) is 4.30. The van der Waals surface area contributed by atoms with Crippen molar-refractivity contribution in [3.05, 3.63) is 41.6 Å². The maximum atomic E-state index is 4.51. The Morgan fingerprint density at radius 3 is 2.43 bits per heavy atom. The molecule has 0 saturated heterocycles. The van der Waals surface area contributed by atoms with Gasteiger partial charge in [0.1, 0.15) is 5.82 Å². The summed E-state index contributed by atoms with van der Waals surface area (Å²) in [6.45, 7) is 9.42. The molecule has 0 amide bonds. The standard InChI is InChI=1S/C17H24N4/c1-12(2)9-10-18-16-11-14(4)19-17(21-16)20-15-7-5-13(3)6-8-15/h5-8,11-12H,9-10H2,1-4H3,(H2,18,19,20,21). The Hall–Kier alpha value is -2.10. The Balaban J connectivity index is 2.05. The molecular formula is C17H24N4. The number of aryl methyl sites for hydroxylation is 2. The number of hydrogen-bond acceptors (Lipinski definition) is 4. The molecule has 2 N–H and O–H groups in total. The number of aromatic nitrogens is 2. The van der Waals surface area contributed by atoms with Crippen LogP contribution in [0.4, 0.5) is 17.5 Å². The van der Waals surface area contributed by atoms with E-state index in [9.17, 15) is 0 Å². The van der Waals surface area contributed by atoms with Crippen LogP contribution < -0.4 is 10.6 Å². The van der Waals surface area contributed by atoms with Crippen molar-refractivity contribution < 1.29 is 0 Å². The van der Waals surface area contributed by atoms with E-state index >= 15 is 0 Å². The molecule has 0 bridgehead atoms. The fraction of sp³-hybridized carbons (Fsp3) is 0.412. The van der Waals surface area contributed by atoms with Gasteiger partial charge in [0.05, 0.1) is 0 Å². The SMILES string of the molecule is Cc1ccc(Nc2nc(C)cc(NCCC(C)C)n2)cc1. The normalized spacial score (nSPS) is 10.7. The van der Waals surface area contributed by atoms with Crippen molar-refractivity contribution in [1.29, 1.82) is 0 Å². The lowest BCUT2D eigenvalue weighted by Crippen LogP contribution is -2.08. The maximum Gasteiger partial charge on any atom is 0.229 e. The molecule has 1 aromatic carbocycles. The molecule has 112 valence electrons. The van der Waals surface area contributed by atoms with E-state index in [0.717, 1.165) is 30.2 Å². The van der Waals surface area contributed by atoms with Crippen LogP contribution in [-0.4, -0.2) is 16.5 Å². The summed E-state index contributed by atoms with van der Waals surface area (Å²) >= 11 is 0. The third-order valence-corrected chi connectivity index (χ3v) is 3.19. The zero-order chi connectivity index (χ0) is 15.2. The molecule has 0 spiro atoms. The van der Waals surface area contributed by atoms with Crippen LogP contribution in [-0.2, 0) is 0 Å². The van der Waals surface area contributed by atoms with Crippen molar-refractivity contribution >= 4 is 17.5 Å². The Kier molecular flexibility index (Phi) is 5.14. The molecule has 2 rings (SSSR count). The van der Waals surface area contributed by atoms with Gasteiger partial charge in [-0.3, -0.25) is 0 Å². The van der Waals surface area contributed by atoms with E-state index in [0.29, 0.717) is 11.9 Å². The van der Waals surface area contributed by atoms with Gasteiger partial charge in [0.15, 0.2) is 0 Å². The number of anilines is 3. The average Bonchev–Trinajstić information content (AvgIpc) is 2.40. The fourth-order valence-electron chi connectivity index (χ4n) is 1.97. The minimum Gasteiger partial charge on any atom is -0.370 e. The van der Waals surface area contributed by atoms with E-state index in [1.54, 1.807) is 0 Å². The zero-order valence-corrected chi connectivity index (χ0v) is 13.3. The summed E-state index contributed by atoms with van der Waals surface area (Å²) in [5.74, 6) is 2.19. The number of rotatable bonds is 6. The van der Waals surface area contributed by atoms with Crippen molar-refractivity contribution in [3.8, 4) is 0 Å². The lowest BCUT2D eigenvalue weighted by Gasteiger charge is -2.11. The summed E-state index contributed by atoms with van der Waals surface area (Å²) in [6, 6.07) is 10.2. The summed E-state index contributed by atoms with van der Waals surface area (Å²) in [7, 11) is 0. The monoisotopic (exact) mass is 284 g/mol. The van der Waals surface area contributed by atoms with Gasteiger partial charge in [-0.1, -0.05) is 31.5 Å². The molecule has 0 radical (unpaired) electrons. The van der Waals surface area contributed by atoms with Gasteiger partial charge in [0, 0.05) is 24.0 Å². The van der Waals surface area contributed by atoms with E-state index in [1.165, 1.54) is 5.56 Å². The summed E-state index contributed by atoms with van der Waals surface area (Å²) in [5.41, 5.74) is 3.19. The number of hydrogen-bond donors (Lipinski definition) is 2. The van der Waals surface area contributed by atoms with E-state index < -0.39 is 0 Å².